The number of rotatable bonds is 7. The zero-order chi connectivity index (χ0) is 18.7. The fourth-order valence-corrected chi connectivity index (χ4v) is 4.32. The highest BCUT2D eigenvalue weighted by Gasteiger charge is 2.19. The van der Waals surface area contributed by atoms with Crippen molar-refractivity contribution in [1.29, 1.82) is 0 Å². The van der Waals surface area contributed by atoms with Gasteiger partial charge in [0.1, 0.15) is 0 Å². The number of carbonyl (C=O) groups excluding carboxylic acids is 1. The van der Waals surface area contributed by atoms with Crippen LogP contribution < -0.4 is 11.1 Å². The Morgan fingerprint density at radius 3 is 2.77 bits per heavy atom. The van der Waals surface area contributed by atoms with E-state index in [1.165, 1.54) is 23.1 Å². The highest BCUT2D eigenvalue weighted by Crippen LogP contribution is 2.27. The van der Waals surface area contributed by atoms with Crippen LogP contribution in [0.5, 0.6) is 0 Å². The lowest BCUT2D eigenvalue weighted by molar-refractivity contribution is -0.113. The molecular formula is C16H19BrN6OS2. The van der Waals surface area contributed by atoms with Crippen LogP contribution in [0.3, 0.4) is 0 Å². The van der Waals surface area contributed by atoms with Gasteiger partial charge in [-0.25, -0.2) is 0 Å². The number of halogens is 1. The third-order valence-corrected chi connectivity index (χ3v) is 6.07. The van der Waals surface area contributed by atoms with E-state index in [1.807, 2.05) is 24.3 Å². The molecule has 3 aromatic rings. The van der Waals surface area contributed by atoms with Crippen molar-refractivity contribution < 1.29 is 4.79 Å². The molecule has 1 unspecified atom stereocenters. The molecule has 1 aromatic carbocycles. The first-order chi connectivity index (χ1) is 12.4. The molecule has 3 N–H and O–H groups in total. The molecule has 3 rings (SSSR count). The number of amides is 1. The molecule has 10 heteroatoms. The molecule has 0 spiro atoms. The fourth-order valence-electron chi connectivity index (χ4n) is 2.37. The number of thioether (sulfide) groups is 1. The van der Waals surface area contributed by atoms with Crippen molar-refractivity contribution in [2.24, 2.45) is 11.7 Å². The van der Waals surface area contributed by atoms with Gasteiger partial charge in [-0.05, 0) is 36.6 Å². The number of fused-ring (bicyclic) bond motifs is 1. The van der Waals surface area contributed by atoms with E-state index in [2.05, 4.69) is 50.4 Å². The zero-order valence-corrected chi connectivity index (χ0v) is 17.6. The number of nitrogens with zero attached hydrogens (tertiary/aromatic N) is 4. The highest BCUT2D eigenvalue weighted by atomic mass is 79.9. The van der Waals surface area contributed by atoms with Crippen molar-refractivity contribution in [3.8, 4) is 0 Å². The molecule has 138 valence electrons. The predicted molar refractivity (Wildman–Crippen MR) is 109 cm³/mol. The molecule has 0 fully saturated rings. The maximum Gasteiger partial charge on any atom is 0.235 e. The molecule has 0 aliphatic rings. The largest absolute Gasteiger partial charge is 0.325 e. The number of hydrogen-bond acceptors (Lipinski definition) is 7. The van der Waals surface area contributed by atoms with E-state index in [4.69, 9.17) is 5.73 Å². The van der Waals surface area contributed by atoms with E-state index in [-0.39, 0.29) is 17.7 Å². The van der Waals surface area contributed by atoms with Gasteiger partial charge in [0.25, 0.3) is 0 Å². The third-order valence-electron chi connectivity index (χ3n) is 3.51. The quantitative estimate of drug-likeness (QED) is 0.527. The lowest BCUT2D eigenvalue weighted by Gasteiger charge is -2.10. The minimum Gasteiger partial charge on any atom is -0.325 e. The summed E-state index contributed by atoms with van der Waals surface area (Å²) in [6, 6.07) is 7.25. The molecule has 0 aliphatic carbocycles. The average molecular weight is 455 g/mol. The van der Waals surface area contributed by atoms with Crippen LogP contribution in [0.15, 0.2) is 33.1 Å². The average Bonchev–Trinajstić information content (AvgIpc) is 3.14. The fraction of sp³-hybridized carbons (Fsp3) is 0.375. The number of nitrogens with one attached hydrogen (secondary N) is 1. The summed E-state index contributed by atoms with van der Waals surface area (Å²) < 4.78 is 3.42. The monoisotopic (exact) mass is 454 g/mol. The van der Waals surface area contributed by atoms with Gasteiger partial charge < -0.3 is 11.1 Å². The van der Waals surface area contributed by atoms with Gasteiger partial charge in [-0.1, -0.05) is 52.9 Å². The van der Waals surface area contributed by atoms with Crippen molar-refractivity contribution in [1.82, 2.24) is 19.8 Å². The van der Waals surface area contributed by atoms with Gasteiger partial charge in [-0.2, -0.15) is 4.52 Å². The van der Waals surface area contributed by atoms with E-state index in [0.29, 0.717) is 16.7 Å². The van der Waals surface area contributed by atoms with Crippen LogP contribution in [0.1, 0.15) is 32.1 Å². The normalized spacial score (nSPS) is 12.7. The number of anilines is 1. The summed E-state index contributed by atoms with van der Waals surface area (Å²) in [5, 5.41) is 15.7. The first kappa shape index (κ1) is 19.3. The molecule has 0 saturated carbocycles. The van der Waals surface area contributed by atoms with Gasteiger partial charge in [-0.15, -0.1) is 15.3 Å². The summed E-state index contributed by atoms with van der Waals surface area (Å²) in [5.74, 6) is 1.32. The van der Waals surface area contributed by atoms with Crippen molar-refractivity contribution in [2.45, 2.75) is 30.6 Å². The zero-order valence-electron chi connectivity index (χ0n) is 14.3. The molecule has 0 saturated heterocycles. The lowest BCUT2D eigenvalue weighted by Crippen LogP contribution is -2.16. The summed E-state index contributed by atoms with van der Waals surface area (Å²) >= 11 is 6.15. The minimum absolute atomic E-state index is 0.0833. The van der Waals surface area contributed by atoms with Crippen molar-refractivity contribution in [2.75, 3.05) is 11.1 Å². The van der Waals surface area contributed by atoms with Crippen LogP contribution in [0.2, 0.25) is 0 Å². The standard InChI is InChI=1S/C16H19BrN6OS2/c1-9(2)7-12(18)14-20-21-15-23(14)22-16(26-15)25-8-13(24)19-11-5-3-10(17)4-6-11/h3-6,9,12H,7-8,18H2,1-2H3,(H,19,24). The number of nitrogens with two attached hydrogens (primary N) is 1. The van der Waals surface area contributed by atoms with Crippen LogP contribution in [-0.4, -0.2) is 31.5 Å². The second-order valence-electron chi connectivity index (χ2n) is 6.20. The Morgan fingerprint density at radius 2 is 2.08 bits per heavy atom. The SMILES string of the molecule is CC(C)CC(N)c1nnc2sc(SCC(=O)Nc3ccc(Br)cc3)nn12. The Bertz CT molecular complexity index is 892. The second-order valence-corrected chi connectivity index (χ2v) is 9.29. The van der Waals surface area contributed by atoms with E-state index >= 15 is 0 Å². The van der Waals surface area contributed by atoms with Gasteiger partial charge in [0, 0.05) is 10.2 Å². The van der Waals surface area contributed by atoms with Crippen molar-refractivity contribution >= 4 is 55.6 Å². The topological polar surface area (TPSA) is 98.2 Å². The molecule has 1 atom stereocenters. The summed E-state index contributed by atoms with van der Waals surface area (Å²) in [5.41, 5.74) is 6.96. The first-order valence-electron chi connectivity index (χ1n) is 8.08. The Labute approximate surface area is 167 Å². The number of carbonyl (C=O) groups is 1. The minimum atomic E-state index is -0.203. The number of aromatic nitrogens is 4. The molecule has 1 amide bonds. The molecule has 7 nitrogen and oxygen atoms in total. The van der Waals surface area contributed by atoms with Crippen LogP contribution in [0.4, 0.5) is 5.69 Å². The van der Waals surface area contributed by atoms with Gasteiger partial charge in [0.05, 0.1) is 11.8 Å². The van der Waals surface area contributed by atoms with E-state index in [9.17, 15) is 4.79 Å². The van der Waals surface area contributed by atoms with Crippen LogP contribution in [0, 0.1) is 5.92 Å². The Morgan fingerprint density at radius 1 is 1.35 bits per heavy atom. The molecule has 2 aromatic heterocycles. The van der Waals surface area contributed by atoms with Gasteiger partial charge in [0.2, 0.25) is 10.9 Å². The lowest BCUT2D eigenvalue weighted by atomic mass is 10.0. The molecule has 26 heavy (non-hydrogen) atoms. The van der Waals surface area contributed by atoms with E-state index in [1.54, 1.807) is 4.52 Å². The molecule has 0 radical (unpaired) electrons. The second kappa shape index (κ2) is 8.47. The van der Waals surface area contributed by atoms with Crippen molar-refractivity contribution in [3.63, 3.8) is 0 Å². The van der Waals surface area contributed by atoms with Crippen LogP contribution in [0.25, 0.3) is 4.96 Å². The summed E-state index contributed by atoms with van der Waals surface area (Å²) in [6.07, 6.45) is 0.816. The molecule has 0 bridgehead atoms. The first-order valence-corrected chi connectivity index (χ1v) is 10.7. The van der Waals surface area contributed by atoms with Gasteiger partial charge in [0.15, 0.2) is 10.2 Å². The maximum absolute atomic E-state index is 12.1. The molecule has 0 aliphatic heterocycles. The van der Waals surface area contributed by atoms with Crippen LogP contribution >= 0.6 is 39.0 Å². The Kier molecular flexibility index (Phi) is 6.28. The third kappa shape index (κ3) is 4.81. The summed E-state index contributed by atoms with van der Waals surface area (Å²) in [6.45, 7) is 4.23. The smallest absolute Gasteiger partial charge is 0.235 e. The van der Waals surface area contributed by atoms with Crippen LogP contribution in [-0.2, 0) is 4.79 Å². The predicted octanol–water partition coefficient (Wildman–Crippen LogP) is 3.73. The number of hydrogen-bond donors (Lipinski definition) is 2. The number of benzene rings is 1. The summed E-state index contributed by atoms with van der Waals surface area (Å²) in [4.78, 5) is 12.8. The van der Waals surface area contributed by atoms with E-state index in [0.717, 1.165) is 20.9 Å². The highest BCUT2D eigenvalue weighted by molar-refractivity contribution is 9.10. The maximum atomic E-state index is 12.1. The van der Waals surface area contributed by atoms with E-state index < -0.39 is 0 Å². The molecule has 2 heterocycles. The Hall–Kier alpha value is -1.49. The summed E-state index contributed by atoms with van der Waals surface area (Å²) in [7, 11) is 0. The Balaban J connectivity index is 1.61. The molecular weight excluding hydrogens is 436 g/mol. The van der Waals surface area contributed by atoms with Crippen molar-refractivity contribution in [3.05, 3.63) is 34.6 Å². The van der Waals surface area contributed by atoms with Gasteiger partial charge >= 0.3 is 0 Å². The van der Waals surface area contributed by atoms with Gasteiger partial charge in [-0.3, -0.25) is 4.79 Å².